The second-order valence-electron chi connectivity index (χ2n) is 3.77. The number of halogens is 1. The summed E-state index contributed by atoms with van der Waals surface area (Å²) in [6.07, 6.45) is 3.32. The Balaban J connectivity index is 2.69. The SMILES string of the molecule is CC(C)(O)c1cn2cccc(F)c2n1. The van der Waals surface area contributed by atoms with Crippen molar-refractivity contribution in [2.45, 2.75) is 19.4 Å². The van der Waals surface area contributed by atoms with Crippen molar-refractivity contribution in [3.05, 3.63) is 36.0 Å². The van der Waals surface area contributed by atoms with Crippen LogP contribution in [0.25, 0.3) is 5.65 Å². The molecule has 4 heteroatoms. The van der Waals surface area contributed by atoms with Crippen molar-refractivity contribution in [3.8, 4) is 0 Å². The summed E-state index contributed by atoms with van der Waals surface area (Å²) in [4.78, 5) is 4.02. The maximum absolute atomic E-state index is 13.2. The molecule has 14 heavy (non-hydrogen) atoms. The van der Waals surface area contributed by atoms with Crippen molar-refractivity contribution in [2.24, 2.45) is 0 Å². The first-order valence-corrected chi connectivity index (χ1v) is 4.34. The van der Waals surface area contributed by atoms with E-state index in [0.29, 0.717) is 5.69 Å². The molecule has 0 unspecified atom stereocenters. The van der Waals surface area contributed by atoms with Gasteiger partial charge in [-0.15, -0.1) is 0 Å². The Morgan fingerprint density at radius 2 is 2.21 bits per heavy atom. The van der Waals surface area contributed by atoms with Gasteiger partial charge < -0.3 is 9.51 Å². The lowest BCUT2D eigenvalue weighted by Crippen LogP contribution is -2.15. The van der Waals surface area contributed by atoms with E-state index in [9.17, 15) is 9.50 Å². The lowest BCUT2D eigenvalue weighted by Gasteiger charge is -2.12. The quantitative estimate of drug-likeness (QED) is 0.750. The average molecular weight is 194 g/mol. The molecule has 1 N–H and O–H groups in total. The molecule has 0 saturated carbocycles. The molecule has 74 valence electrons. The zero-order valence-electron chi connectivity index (χ0n) is 8.03. The van der Waals surface area contributed by atoms with Crippen LogP contribution in [-0.4, -0.2) is 14.5 Å². The van der Waals surface area contributed by atoms with Gasteiger partial charge in [0.05, 0.1) is 5.69 Å². The Bertz CT molecular complexity index is 470. The van der Waals surface area contributed by atoms with E-state index in [1.54, 1.807) is 36.7 Å². The standard InChI is InChI=1S/C10H11FN2O/c1-10(2,14)8-6-13-5-3-4-7(11)9(13)12-8/h3-6,14H,1-2H3. The number of pyridine rings is 1. The van der Waals surface area contributed by atoms with Crippen molar-refractivity contribution in [3.63, 3.8) is 0 Å². The lowest BCUT2D eigenvalue weighted by molar-refractivity contribution is 0.0744. The number of hydrogen-bond donors (Lipinski definition) is 1. The lowest BCUT2D eigenvalue weighted by atomic mass is 10.1. The van der Waals surface area contributed by atoms with Gasteiger partial charge in [0.15, 0.2) is 11.5 Å². The average Bonchev–Trinajstić information content (AvgIpc) is 2.48. The largest absolute Gasteiger partial charge is 0.384 e. The van der Waals surface area contributed by atoms with Crippen LogP contribution in [0.5, 0.6) is 0 Å². The van der Waals surface area contributed by atoms with Gasteiger partial charge in [-0.3, -0.25) is 0 Å². The van der Waals surface area contributed by atoms with Crippen LogP contribution in [0.3, 0.4) is 0 Å². The van der Waals surface area contributed by atoms with Crippen molar-refractivity contribution < 1.29 is 9.50 Å². The smallest absolute Gasteiger partial charge is 0.173 e. The van der Waals surface area contributed by atoms with Gasteiger partial charge in [-0.05, 0) is 26.0 Å². The molecular formula is C10H11FN2O. The van der Waals surface area contributed by atoms with E-state index in [4.69, 9.17) is 0 Å². The van der Waals surface area contributed by atoms with Crippen molar-refractivity contribution in [2.75, 3.05) is 0 Å². The highest BCUT2D eigenvalue weighted by atomic mass is 19.1. The van der Waals surface area contributed by atoms with E-state index < -0.39 is 5.60 Å². The molecule has 2 aromatic heterocycles. The maximum Gasteiger partial charge on any atom is 0.173 e. The van der Waals surface area contributed by atoms with Crippen LogP contribution >= 0.6 is 0 Å². The molecule has 0 amide bonds. The van der Waals surface area contributed by atoms with E-state index in [1.165, 1.54) is 6.07 Å². The summed E-state index contributed by atoms with van der Waals surface area (Å²) in [7, 11) is 0. The molecule has 0 aliphatic heterocycles. The third-order valence-corrected chi connectivity index (χ3v) is 2.06. The van der Waals surface area contributed by atoms with Gasteiger partial charge >= 0.3 is 0 Å². The number of nitrogens with zero attached hydrogens (tertiary/aromatic N) is 2. The molecule has 2 heterocycles. The predicted octanol–water partition coefficient (Wildman–Crippen LogP) is 1.70. The minimum absolute atomic E-state index is 0.240. The molecule has 0 aliphatic rings. The Labute approximate surface area is 80.8 Å². The van der Waals surface area contributed by atoms with E-state index in [2.05, 4.69) is 4.98 Å². The molecule has 2 aromatic rings. The Hall–Kier alpha value is -1.42. The van der Waals surface area contributed by atoms with E-state index in [1.807, 2.05) is 0 Å². The van der Waals surface area contributed by atoms with E-state index in [0.717, 1.165) is 0 Å². The maximum atomic E-state index is 13.2. The minimum Gasteiger partial charge on any atom is -0.384 e. The molecule has 0 bridgehead atoms. The summed E-state index contributed by atoms with van der Waals surface area (Å²) in [6.45, 7) is 3.24. The van der Waals surface area contributed by atoms with Gasteiger partial charge in [0, 0.05) is 12.4 Å². The van der Waals surface area contributed by atoms with E-state index >= 15 is 0 Å². The summed E-state index contributed by atoms with van der Waals surface area (Å²) in [6, 6.07) is 2.94. The topological polar surface area (TPSA) is 37.5 Å². The first-order valence-electron chi connectivity index (χ1n) is 4.34. The number of imidazole rings is 1. The van der Waals surface area contributed by atoms with Crippen LogP contribution in [0.1, 0.15) is 19.5 Å². The fraction of sp³-hybridized carbons (Fsp3) is 0.300. The highest BCUT2D eigenvalue weighted by molar-refractivity contribution is 5.42. The molecule has 0 radical (unpaired) electrons. The summed E-state index contributed by atoms with van der Waals surface area (Å²) in [5, 5.41) is 9.68. The van der Waals surface area contributed by atoms with Gasteiger partial charge in [0.25, 0.3) is 0 Å². The molecule has 0 atom stereocenters. The second kappa shape index (κ2) is 2.78. The summed E-state index contributed by atoms with van der Waals surface area (Å²) in [5.74, 6) is -0.386. The first-order chi connectivity index (χ1) is 6.48. The van der Waals surface area contributed by atoms with Gasteiger partial charge in [0.2, 0.25) is 0 Å². The molecule has 0 aliphatic carbocycles. The number of rotatable bonds is 1. The molecule has 0 saturated heterocycles. The van der Waals surface area contributed by atoms with Crippen molar-refractivity contribution in [1.82, 2.24) is 9.38 Å². The van der Waals surface area contributed by atoms with Gasteiger partial charge in [-0.25, -0.2) is 9.37 Å². The Morgan fingerprint density at radius 1 is 1.50 bits per heavy atom. The van der Waals surface area contributed by atoms with Crippen molar-refractivity contribution in [1.29, 1.82) is 0 Å². The second-order valence-corrected chi connectivity index (χ2v) is 3.77. The molecule has 3 nitrogen and oxygen atoms in total. The van der Waals surface area contributed by atoms with Crippen LogP contribution < -0.4 is 0 Å². The Morgan fingerprint density at radius 3 is 2.79 bits per heavy atom. The van der Waals surface area contributed by atoms with E-state index in [-0.39, 0.29) is 11.5 Å². The highest BCUT2D eigenvalue weighted by Gasteiger charge is 2.20. The predicted molar refractivity (Wildman–Crippen MR) is 50.4 cm³/mol. The summed E-state index contributed by atoms with van der Waals surface area (Å²) in [5.41, 5.74) is -0.342. The molecule has 2 rings (SSSR count). The van der Waals surface area contributed by atoms with Crippen molar-refractivity contribution >= 4 is 5.65 Å². The minimum atomic E-state index is -1.04. The zero-order chi connectivity index (χ0) is 10.3. The number of fused-ring (bicyclic) bond motifs is 1. The summed E-state index contributed by atoms with van der Waals surface area (Å²) < 4.78 is 14.8. The van der Waals surface area contributed by atoms with Gasteiger partial charge in [-0.2, -0.15) is 0 Å². The number of hydrogen-bond acceptors (Lipinski definition) is 2. The first kappa shape index (κ1) is 9.15. The molecule has 0 fully saturated rings. The van der Waals surface area contributed by atoms with Crippen LogP contribution in [0, 0.1) is 5.82 Å². The fourth-order valence-electron chi connectivity index (χ4n) is 1.27. The van der Waals surface area contributed by atoms with Gasteiger partial charge in [-0.1, -0.05) is 0 Å². The van der Waals surface area contributed by atoms with Crippen LogP contribution in [0.15, 0.2) is 24.5 Å². The van der Waals surface area contributed by atoms with Gasteiger partial charge in [0.1, 0.15) is 5.60 Å². The van der Waals surface area contributed by atoms with Crippen LogP contribution in [-0.2, 0) is 5.60 Å². The highest BCUT2D eigenvalue weighted by Crippen LogP contribution is 2.19. The summed E-state index contributed by atoms with van der Waals surface area (Å²) >= 11 is 0. The Kier molecular flexibility index (Phi) is 1.82. The third-order valence-electron chi connectivity index (χ3n) is 2.06. The monoisotopic (exact) mass is 194 g/mol. The molecule has 0 aromatic carbocycles. The molecule has 0 spiro atoms. The third kappa shape index (κ3) is 1.37. The number of aromatic nitrogens is 2. The molecular weight excluding hydrogens is 183 g/mol. The number of aliphatic hydroxyl groups is 1. The normalized spacial score (nSPS) is 12.3. The van der Waals surface area contributed by atoms with Crippen LogP contribution in [0.4, 0.5) is 4.39 Å². The zero-order valence-corrected chi connectivity index (χ0v) is 8.03. The fourth-order valence-corrected chi connectivity index (χ4v) is 1.27. The van der Waals surface area contributed by atoms with Crippen LogP contribution in [0.2, 0.25) is 0 Å².